The molecule has 3 rings (SSSR count). The number of furan rings is 1. The van der Waals surface area contributed by atoms with Crippen LogP contribution in [-0.2, 0) is 6.54 Å². The highest BCUT2D eigenvalue weighted by Crippen LogP contribution is 2.32. The number of nitrogens with zero attached hydrogens (tertiary/aromatic N) is 1. The molecular formula is C16H16BrNO3. The molecule has 21 heavy (non-hydrogen) atoms. The Hall–Kier alpha value is -1.75. The first-order valence-corrected chi connectivity index (χ1v) is 7.65. The van der Waals surface area contributed by atoms with E-state index in [2.05, 4.69) is 15.9 Å². The first kappa shape index (κ1) is 14.2. The highest BCUT2D eigenvalue weighted by molar-refractivity contribution is 9.10. The van der Waals surface area contributed by atoms with Crippen LogP contribution >= 0.6 is 15.9 Å². The molecule has 1 aliphatic carbocycles. The molecule has 1 aliphatic rings. The number of ether oxygens (including phenoxy) is 1. The molecule has 0 N–H and O–H groups in total. The molecule has 0 unspecified atom stereocenters. The van der Waals surface area contributed by atoms with Crippen molar-refractivity contribution in [3.8, 4) is 5.75 Å². The zero-order valence-corrected chi connectivity index (χ0v) is 13.3. The summed E-state index contributed by atoms with van der Waals surface area (Å²) in [6.07, 6.45) is 3.72. The summed E-state index contributed by atoms with van der Waals surface area (Å²) in [6, 6.07) is 9.49. The lowest BCUT2D eigenvalue weighted by Crippen LogP contribution is -2.32. The fourth-order valence-electron chi connectivity index (χ4n) is 2.32. The van der Waals surface area contributed by atoms with E-state index >= 15 is 0 Å². The van der Waals surface area contributed by atoms with Gasteiger partial charge in [0.05, 0.1) is 25.5 Å². The summed E-state index contributed by atoms with van der Waals surface area (Å²) in [7, 11) is 1.58. The van der Waals surface area contributed by atoms with Crippen molar-refractivity contribution in [2.75, 3.05) is 7.11 Å². The minimum atomic E-state index is -0.0155. The van der Waals surface area contributed by atoms with Gasteiger partial charge in [0, 0.05) is 10.5 Å². The third kappa shape index (κ3) is 3.13. The molecule has 1 aromatic heterocycles. The van der Waals surface area contributed by atoms with Crippen LogP contribution in [0.3, 0.4) is 0 Å². The van der Waals surface area contributed by atoms with Crippen molar-refractivity contribution in [2.24, 2.45) is 0 Å². The van der Waals surface area contributed by atoms with Crippen molar-refractivity contribution < 1.29 is 13.9 Å². The number of carbonyl (C=O) groups excluding carboxylic acids is 1. The number of benzene rings is 1. The Balaban J connectivity index is 1.87. The Bertz CT molecular complexity index is 635. The second-order valence-electron chi connectivity index (χ2n) is 5.09. The smallest absolute Gasteiger partial charge is 0.258 e. The molecule has 0 radical (unpaired) electrons. The van der Waals surface area contributed by atoms with Gasteiger partial charge in [-0.3, -0.25) is 4.79 Å². The molecule has 110 valence electrons. The zero-order chi connectivity index (χ0) is 14.8. The summed E-state index contributed by atoms with van der Waals surface area (Å²) in [6.45, 7) is 0.496. The second-order valence-corrected chi connectivity index (χ2v) is 6.00. The number of hydrogen-bond donors (Lipinski definition) is 0. The van der Waals surface area contributed by atoms with Crippen molar-refractivity contribution in [3.05, 3.63) is 52.4 Å². The van der Waals surface area contributed by atoms with Gasteiger partial charge in [-0.25, -0.2) is 0 Å². The predicted octanol–water partition coefficient (Wildman–Crippen LogP) is 3.86. The summed E-state index contributed by atoms with van der Waals surface area (Å²) in [5, 5.41) is 0. The van der Waals surface area contributed by atoms with E-state index in [1.165, 1.54) is 0 Å². The highest BCUT2D eigenvalue weighted by Gasteiger charge is 2.34. The maximum Gasteiger partial charge on any atom is 0.258 e. The lowest BCUT2D eigenvalue weighted by molar-refractivity contribution is 0.0714. The second kappa shape index (κ2) is 5.93. The number of carbonyl (C=O) groups is 1. The van der Waals surface area contributed by atoms with Crippen LogP contribution in [0.25, 0.3) is 0 Å². The molecule has 2 aromatic rings. The fourth-order valence-corrected chi connectivity index (χ4v) is 2.66. The van der Waals surface area contributed by atoms with Gasteiger partial charge in [-0.15, -0.1) is 0 Å². The monoisotopic (exact) mass is 349 g/mol. The average Bonchev–Trinajstić information content (AvgIpc) is 3.20. The van der Waals surface area contributed by atoms with Crippen LogP contribution in [0.2, 0.25) is 0 Å². The van der Waals surface area contributed by atoms with E-state index in [0.29, 0.717) is 23.9 Å². The number of rotatable bonds is 5. The Morgan fingerprint density at radius 2 is 2.24 bits per heavy atom. The lowest BCUT2D eigenvalue weighted by Gasteiger charge is -2.22. The molecule has 1 aromatic carbocycles. The molecule has 5 heteroatoms. The number of hydrogen-bond acceptors (Lipinski definition) is 3. The molecular weight excluding hydrogens is 334 g/mol. The summed E-state index contributed by atoms with van der Waals surface area (Å²) in [5.74, 6) is 1.36. The summed E-state index contributed by atoms with van der Waals surface area (Å²) in [5.41, 5.74) is 0.583. The molecule has 0 bridgehead atoms. The van der Waals surface area contributed by atoms with Gasteiger partial charge in [-0.05, 0) is 43.2 Å². The first-order valence-electron chi connectivity index (χ1n) is 6.86. The van der Waals surface area contributed by atoms with Gasteiger partial charge in [-0.1, -0.05) is 15.9 Å². The largest absolute Gasteiger partial charge is 0.496 e. The van der Waals surface area contributed by atoms with Crippen LogP contribution in [0, 0.1) is 0 Å². The molecule has 1 amide bonds. The average molecular weight is 350 g/mol. The number of methoxy groups -OCH3 is 1. The molecule has 0 atom stereocenters. The van der Waals surface area contributed by atoms with Crippen molar-refractivity contribution in [1.82, 2.24) is 4.90 Å². The van der Waals surface area contributed by atoms with E-state index in [4.69, 9.17) is 9.15 Å². The van der Waals surface area contributed by atoms with Crippen LogP contribution in [0.5, 0.6) is 5.75 Å². The number of halogens is 1. The topological polar surface area (TPSA) is 42.7 Å². The van der Waals surface area contributed by atoms with Crippen molar-refractivity contribution in [3.63, 3.8) is 0 Å². The van der Waals surface area contributed by atoms with E-state index in [1.54, 1.807) is 19.4 Å². The van der Waals surface area contributed by atoms with Gasteiger partial charge >= 0.3 is 0 Å². The lowest BCUT2D eigenvalue weighted by atomic mass is 10.1. The summed E-state index contributed by atoms with van der Waals surface area (Å²) in [4.78, 5) is 14.7. The van der Waals surface area contributed by atoms with Crippen LogP contribution < -0.4 is 4.74 Å². The Morgan fingerprint density at radius 1 is 1.43 bits per heavy atom. The Labute approximate surface area is 131 Å². The van der Waals surface area contributed by atoms with Gasteiger partial charge in [0.15, 0.2) is 0 Å². The van der Waals surface area contributed by atoms with Crippen LogP contribution in [-0.4, -0.2) is 24.0 Å². The van der Waals surface area contributed by atoms with Gasteiger partial charge in [0.25, 0.3) is 5.91 Å². The molecule has 0 spiro atoms. The minimum Gasteiger partial charge on any atom is -0.496 e. The standard InChI is InChI=1S/C16H16BrNO3/c1-20-15-9-11(17)4-7-14(15)16(19)18(12-5-6-12)10-13-3-2-8-21-13/h2-4,7-9,12H,5-6,10H2,1H3. The molecule has 1 saturated carbocycles. The van der Waals surface area contributed by atoms with Gasteiger partial charge in [0.1, 0.15) is 11.5 Å². The van der Waals surface area contributed by atoms with Crippen LogP contribution in [0.15, 0.2) is 45.5 Å². The molecule has 1 fully saturated rings. The van der Waals surface area contributed by atoms with E-state index < -0.39 is 0 Å². The molecule has 0 aliphatic heterocycles. The van der Waals surface area contributed by atoms with Crippen LogP contribution in [0.4, 0.5) is 0 Å². The van der Waals surface area contributed by atoms with Gasteiger partial charge in [0.2, 0.25) is 0 Å². The third-order valence-electron chi connectivity index (χ3n) is 3.55. The summed E-state index contributed by atoms with van der Waals surface area (Å²) < 4.78 is 11.6. The van der Waals surface area contributed by atoms with E-state index in [9.17, 15) is 4.79 Å². The quantitative estimate of drug-likeness (QED) is 0.823. The first-order chi connectivity index (χ1) is 10.2. The maximum atomic E-state index is 12.8. The SMILES string of the molecule is COc1cc(Br)ccc1C(=O)N(Cc1ccco1)C1CC1. The maximum absolute atomic E-state index is 12.8. The zero-order valence-electron chi connectivity index (χ0n) is 11.7. The molecule has 0 saturated heterocycles. The molecule has 1 heterocycles. The summed E-state index contributed by atoms with van der Waals surface area (Å²) >= 11 is 3.39. The van der Waals surface area contributed by atoms with Gasteiger partial charge in [-0.2, -0.15) is 0 Å². The normalized spacial score (nSPS) is 14.0. The number of amides is 1. The minimum absolute atomic E-state index is 0.0155. The predicted molar refractivity (Wildman–Crippen MR) is 82.3 cm³/mol. The van der Waals surface area contributed by atoms with Crippen molar-refractivity contribution >= 4 is 21.8 Å². The van der Waals surface area contributed by atoms with E-state index in [0.717, 1.165) is 23.1 Å². The Kier molecular flexibility index (Phi) is 4.01. The van der Waals surface area contributed by atoms with Gasteiger partial charge < -0.3 is 14.1 Å². The molecule has 4 nitrogen and oxygen atoms in total. The van der Waals surface area contributed by atoms with E-state index in [-0.39, 0.29) is 5.91 Å². The Morgan fingerprint density at radius 3 is 2.86 bits per heavy atom. The fraction of sp³-hybridized carbons (Fsp3) is 0.312. The van der Waals surface area contributed by atoms with Crippen molar-refractivity contribution in [2.45, 2.75) is 25.4 Å². The van der Waals surface area contributed by atoms with Crippen LogP contribution in [0.1, 0.15) is 29.0 Å². The third-order valence-corrected chi connectivity index (χ3v) is 4.04. The van der Waals surface area contributed by atoms with Crippen molar-refractivity contribution in [1.29, 1.82) is 0 Å². The highest BCUT2D eigenvalue weighted by atomic mass is 79.9. The van der Waals surface area contributed by atoms with E-state index in [1.807, 2.05) is 29.2 Å².